The van der Waals surface area contributed by atoms with Crippen LogP contribution in [0.15, 0.2) is 0 Å². The third-order valence-electron chi connectivity index (χ3n) is 3.70. The number of hydrogen-bond acceptors (Lipinski definition) is 2. The topological polar surface area (TPSA) is 23.5 Å². The molecule has 0 aromatic carbocycles. The van der Waals surface area contributed by atoms with Gasteiger partial charge in [-0.3, -0.25) is 4.90 Å². The zero-order valence-corrected chi connectivity index (χ0v) is 10.7. The van der Waals surface area contributed by atoms with Gasteiger partial charge in [0.2, 0.25) is 0 Å². The van der Waals surface area contributed by atoms with Crippen LogP contribution in [0.25, 0.3) is 0 Å². The first-order valence-corrected chi connectivity index (χ1v) is 6.63. The van der Waals surface area contributed by atoms with E-state index in [0.29, 0.717) is 24.5 Å². The predicted octanol–water partition coefficient (Wildman–Crippen LogP) is 2.34. The van der Waals surface area contributed by atoms with E-state index >= 15 is 0 Å². The number of rotatable bonds is 6. The van der Waals surface area contributed by atoms with Crippen molar-refractivity contribution in [3.05, 3.63) is 0 Å². The first-order chi connectivity index (χ1) is 7.19. The highest BCUT2D eigenvalue weighted by Gasteiger charge is 2.29. The monoisotopic (exact) mass is 233 g/mol. The maximum absolute atomic E-state index is 9.31. The van der Waals surface area contributed by atoms with Gasteiger partial charge in [0.05, 0.1) is 6.61 Å². The van der Waals surface area contributed by atoms with Crippen molar-refractivity contribution in [1.29, 1.82) is 0 Å². The smallest absolute Gasteiger partial charge is 0.0589 e. The number of likely N-dealkylation sites (tertiary alicyclic amines) is 1. The van der Waals surface area contributed by atoms with Crippen molar-refractivity contribution in [1.82, 2.24) is 4.90 Å². The molecule has 1 N–H and O–H groups in total. The molecule has 90 valence electrons. The summed E-state index contributed by atoms with van der Waals surface area (Å²) in [4.78, 5) is 2.44. The average Bonchev–Trinajstić information content (AvgIpc) is 2.56. The molecule has 0 radical (unpaired) electrons. The van der Waals surface area contributed by atoms with Gasteiger partial charge in [0.15, 0.2) is 0 Å². The van der Waals surface area contributed by atoms with E-state index in [2.05, 4.69) is 18.7 Å². The van der Waals surface area contributed by atoms with Crippen molar-refractivity contribution in [3.8, 4) is 0 Å². The third-order valence-corrected chi connectivity index (χ3v) is 3.91. The molecule has 1 fully saturated rings. The van der Waals surface area contributed by atoms with Crippen LogP contribution in [0, 0.1) is 11.8 Å². The molecule has 15 heavy (non-hydrogen) atoms. The first-order valence-electron chi connectivity index (χ1n) is 6.10. The van der Waals surface area contributed by atoms with Crippen molar-refractivity contribution >= 4 is 11.6 Å². The van der Waals surface area contributed by atoms with E-state index < -0.39 is 0 Å². The zero-order valence-electron chi connectivity index (χ0n) is 9.95. The molecule has 2 nitrogen and oxygen atoms in total. The molecule has 1 aliphatic rings. The van der Waals surface area contributed by atoms with E-state index in [1.54, 1.807) is 0 Å². The average molecular weight is 234 g/mol. The van der Waals surface area contributed by atoms with Crippen LogP contribution in [0.1, 0.15) is 33.1 Å². The lowest BCUT2D eigenvalue weighted by Gasteiger charge is -2.26. The summed E-state index contributed by atoms with van der Waals surface area (Å²) >= 11 is 5.72. The van der Waals surface area contributed by atoms with E-state index in [-0.39, 0.29) is 0 Å². The van der Waals surface area contributed by atoms with E-state index in [1.165, 1.54) is 12.8 Å². The van der Waals surface area contributed by atoms with Gasteiger partial charge >= 0.3 is 0 Å². The van der Waals surface area contributed by atoms with Crippen molar-refractivity contribution < 1.29 is 5.11 Å². The molecular weight excluding hydrogens is 210 g/mol. The van der Waals surface area contributed by atoms with E-state index in [1.807, 2.05) is 0 Å². The zero-order chi connectivity index (χ0) is 11.3. The van der Waals surface area contributed by atoms with Crippen molar-refractivity contribution in [2.24, 2.45) is 11.8 Å². The van der Waals surface area contributed by atoms with Crippen molar-refractivity contribution in [2.45, 2.75) is 39.2 Å². The summed E-state index contributed by atoms with van der Waals surface area (Å²) in [6.45, 7) is 7.08. The molecule has 0 aliphatic carbocycles. The predicted molar refractivity (Wildman–Crippen MR) is 65.3 cm³/mol. The Balaban J connectivity index is 2.26. The summed E-state index contributed by atoms with van der Waals surface area (Å²) in [6, 6.07) is 0.396. The molecule has 1 saturated heterocycles. The first kappa shape index (κ1) is 13.3. The molecule has 3 atom stereocenters. The number of halogens is 1. The van der Waals surface area contributed by atoms with Gasteiger partial charge in [-0.15, -0.1) is 11.6 Å². The normalized spacial score (nSPS) is 29.6. The van der Waals surface area contributed by atoms with Gasteiger partial charge in [0.1, 0.15) is 0 Å². The molecule has 3 unspecified atom stereocenters. The maximum atomic E-state index is 9.31. The van der Waals surface area contributed by atoms with Crippen LogP contribution in [0.3, 0.4) is 0 Å². The van der Waals surface area contributed by atoms with Gasteiger partial charge in [0, 0.05) is 11.9 Å². The lowest BCUT2D eigenvalue weighted by molar-refractivity contribution is 0.134. The summed E-state index contributed by atoms with van der Waals surface area (Å²) in [5.41, 5.74) is 0. The summed E-state index contributed by atoms with van der Waals surface area (Å²) in [6.07, 6.45) is 3.54. The van der Waals surface area contributed by atoms with Crippen molar-refractivity contribution in [3.63, 3.8) is 0 Å². The highest BCUT2D eigenvalue weighted by atomic mass is 35.5. The minimum atomic E-state index is 0.311. The molecular formula is C12H24ClNO. The second-order valence-corrected chi connectivity index (χ2v) is 5.30. The fourth-order valence-corrected chi connectivity index (χ4v) is 2.75. The molecule has 0 aromatic rings. The van der Waals surface area contributed by atoms with E-state index in [4.69, 9.17) is 11.6 Å². The second-order valence-electron chi connectivity index (χ2n) is 4.92. The number of aliphatic hydroxyl groups is 1. The second kappa shape index (κ2) is 6.72. The SMILES string of the molecule is CC(CCCl)CCN1CCC(C)C1CO. The molecule has 0 amide bonds. The lowest BCUT2D eigenvalue weighted by Crippen LogP contribution is -2.36. The molecule has 1 heterocycles. The summed E-state index contributed by atoms with van der Waals surface area (Å²) in [7, 11) is 0. The Hall–Kier alpha value is 0.210. The summed E-state index contributed by atoms with van der Waals surface area (Å²) in [5, 5.41) is 9.31. The lowest BCUT2D eigenvalue weighted by atomic mass is 10.0. The van der Waals surface area contributed by atoms with Gasteiger partial charge < -0.3 is 5.11 Å². The van der Waals surface area contributed by atoms with E-state index in [9.17, 15) is 5.11 Å². The van der Waals surface area contributed by atoms with Gasteiger partial charge in [-0.25, -0.2) is 0 Å². The number of aliphatic hydroxyl groups excluding tert-OH is 1. The fourth-order valence-electron chi connectivity index (χ4n) is 2.38. The van der Waals surface area contributed by atoms with Crippen LogP contribution in [0.4, 0.5) is 0 Å². The molecule has 0 saturated carbocycles. The number of alkyl halides is 1. The minimum Gasteiger partial charge on any atom is -0.395 e. The fraction of sp³-hybridized carbons (Fsp3) is 1.00. The third kappa shape index (κ3) is 3.93. The number of hydrogen-bond donors (Lipinski definition) is 1. The highest BCUT2D eigenvalue weighted by molar-refractivity contribution is 6.17. The molecule has 0 bridgehead atoms. The van der Waals surface area contributed by atoms with Gasteiger partial charge in [0.25, 0.3) is 0 Å². The maximum Gasteiger partial charge on any atom is 0.0589 e. The van der Waals surface area contributed by atoms with Crippen LogP contribution in [0.2, 0.25) is 0 Å². The van der Waals surface area contributed by atoms with Crippen LogP contribution in [-0.2, 0) is 0 Å². The number of nitrogens with zero attached hydrogens (tertiary/aromatic N) is 1. The van der Waals surface area contributed by atoms with Crippen LogP contribution in [0.5, 0.6) is 0 Å². The molecule has 1 aliphatic heterocycles. The Morgan fingerprint density at radius 2 is 2.20 bits per heavy atom. The van der Waals surface area contributed by atoms with Crippen LogP contribution >= 0.6 is 11.6 Å². The van der Waals surface area contributed by atoms with Crippen LogP contribution in [-0.4, -0.2) is 41.6 Å². The van der Waals surface area contributed by atoms with Gasteiger partial charge in [-0.2, -0.15) is 0 Å². The van der Waals surface area contributed by atoms with Crippen LogP contribution < -0.4 is 0 Å². The molecule has 0 spiro atoms. The Bertz CT molecular complexity index is 177. The molecule has 3 heteroatoms. The van der Waals surface area contributed by atoms with Gasteiger partial charge in [-0.1, -0.05) is 13.8 Å². The highest BCUT2D eigenvalue weighted by Crippen LogP contribution is 2.24. The molecule has 0 aromatic heterocycles. The Kier molecular flexibility index (Phi) is 5.95. The molecule has 1 rings (SSSR count). The summed E-state index contributed by atoms with van der Waals surface area (Å²) < 4.78 is 0. The Morgan fingerprint density at radius 1 is 1.47 bits per heavy atom. The Labute approximate surface area is 98.6 Å². The van der Waals surface area contributed by atoms with Crippen molar-refractivity contribution in [2.75, 3.05) is 25.6 Å². The standard InChI is InChI=1S/C12H24ClNO/c1-10(3-6-13)4-7-14-8-5-11(2)12(14)9-15/h10-12,15H,3-9H2,1-2H3. The Morgan fingerprint density at radius 3 is 2.80 bits per heavy atom. The minimum absolute atomic E-state index is 0.311. The largest absolute Gasteiger partial charge is 0.395 e. The van der Waals surface area contributed by atoms with E-state index in [0.717, 1.165) is 25.4 Å². The quantitative estimate of drug-likeness (QED) is 0.712. The summed E-state index contributed by atoms with van der Waals surface area (Å²) in [5.74, 6) is 2.12. The van der Waals surface area contributed by atoms with Gasteiger partial charge in [-0.05, 0) is 44.2 Å².